The van der Waals surface area contributed by atoms with Crippen molar-refractivity contribution in [2.75, 3.05) is 6.54 Å². The lowest BCUT2D eigenvalue weighted by molar-refractivity contribution is 0.340. The molecule has 1 aliphatic heterocycles. The van der Waals surface area contributed by atoms with E-state index in [0.29, 0.717) is 6.04 Å². The van der Waals surface area contributed by atoms with Gasteiger partial charge < -0.3 is 5.32 Å². The Kier molecular flexibility index (Phi) is 4.44. The molecular formula is C15H27N3. The van der Waals surface area contributed by atoms with Crippen LogP contribution in [0.1, 0.15) is 64.6 Å². The molecule has 1 aliphatic rings. The second kappa shape index (κ2) is 5.87. The number of aromatic nitrogens is 2. The standard InChI is InChI=1S/C15H27N3/c1-4-13(2)18-11-8-14(17-18)12-15(3)9-6-5-7-10-16-15/h8,11,13,16H,4-7,9-10,12H2,1-3H3. The Morgan fingerprint density at radius 2 is 2.28 bits per heavy atom. The van der Waals surface area contributed by atoms with E-state index in [1.807, 2.05) is 0 Å². The largest absolute Gasteiger partial charge is 0.311 e. The smallest absolute Gasteiger partial charge is 0.0642 e. The van der Waals surface area contributed by atoms with Crippen LogP contribution < -0.4 is 5.32 Å². The number of hydrogen-bond acceptors (Lipinski definition) is 2. The fraction of sp³-hybridized carbons (Fsp3) is 0.800. The van der Waals surface area contributed by atoms with E-state index in [4.69, 9.17) is 5.10 Å². The Morgan fingerprint density at radius 1 is 1.44 bits per heavy atom. The fourth-order valence-corrected chi connectivity index (χ4v) is 2.75. The highest BCUT2D eigenvalue weighted by Crippen LogP contribution is 2.23. The van der Waals surface area contributed by atoms with E-state index in [9.17, 15) is 0 Å². The van der Waals surface area contributed by atoms with Crippen molar-refractivity contribution < 1.29 is 0 Å². The van der Waals surface area contributed by atoms with E-state index >= 15 is 0 Å². The van der Waals surface area contributed by atoms with Gasteiger partial charge in [-0.1, -0.05) is 19.8 Å². The van der Waals surface area contributed by atoms with E-state index in [1.54, 1.807) is 0 Å². The molecule has 1 fully saturated rings. The first kappa shape index (κ1) is 13.6. The van der Waals surface area contributed by atoms with Crippen molar-refractivity contribution in [1.29, 1.82) is 0 Å². The van der Waals surface area contributed by atoms with E-state index in [-0.39, 0.29) is 5.54 Å². The van der Waals surface area contributed by atoms with Gasteiger partial charge in [0.05, 0.1) is 5.69 Å². The highest BCUT2D eigenvalue weighted by Gasteiger charge is 2.26. The van der Waals surface area contributed by atoms with Gasteiger partial charge in [0.2, 0.25) is 0 Å². The normalized spacial score (nSPS) is 26.8. The molecule has 2 atom stereocenters. The molecule has 2 rings (SSSR count). The monoisotopic (exact) mass is 249 g/mol. The zero-order chi connectivity index (χ0) is 13.0. The van der Waals surface area contributed by atoms with Crippen molar-refractivity contribution in [3.05, 3.63) is 18.0 Å². The van der Waals surface area contributed by atoms with Crippen LogP contribution >= 0.6 is 0 Å². The van der Waals surface area contributed by atoms with Gasteiger partial charge in [-0.3, -0.25) is 4.68 Å². The minimum atomic E-state index is 0.241. The van der Waals surface area contributed by atoms with Crippen LogP contribution in [0.2, 0.25) is 0 Å². The molecule has 2 unspecified atom stereocenters. The second-order valence-electron chi connectivity index (χ2n) is 6.02. The van der Waals surface area contributed by atoms with Crippen LogP contribution in [0, 0.1) is 0 Å². The molecule has 2 heterocycles. The van der Waals surface area contributed by atoms with Crippen LogP contribution in [0.3, 0.4) is 0 Å². The van der Waals surface area contributed by atoms with Crippen LogP contribution in [-0.4, -0.2) is 21.9 Å². The third-order valence-electron chi connectivity index (χ3n) is 4.23. The minimum absolute atomic E-state index is 0.241. The van der Waals surface area contributed by atoms with Crippen molar-refractivity contribution in [3.8, 4) is 0 Å². The van der Waals surface area contributed by atoms with Gasteiger partial charge in [0.1, 0.15) is 0 Å². The first-order valence-electron chi connectivity index (χ1n) is 7.42. The van der Waals surface area contributed by atoms with E-state index in [0.717, 1.165) is 19.4 Å². The summed E-state index contributed by atoms with van der Waals surface area (Å²) in [7, 11) is 0. The van der Waals surface area contributed by atoms with E-state index < -0.39 is 0 Å². The fourth-order valence-electron chi connectivity index (χ4n) is 2.75. The van der Waals surface area contributed by atoms with Crippen molar-refractivity contribution >= 4 is 0 Å². The van der Waals surface area contributed by atoms with Gasteiger partial charge in [0, 0.05) is 24.2 Å². The van der Waals surface area contributed by atoms with Gasteiger partial charge in [-0.15, -0.1) is 0 Å². The van der Waals surface area contributed by atoms with Gasteiger partial charge in [0.15, 0.2) is 0 Å². The number of hydrogen-bond donors (Lipinski definition) is 1. The lowest BCUT2D eigenvalue weighted by Gasteiger charge is -2.28. The molecule has 0 bridgehead atoms. The summed E-state index contributed by atoms with van der Waals surface area (Å²) in [4.78, 5) is 0. The van der Waals surface area contributed by atoms with E-state index in [1.165, 1.54) is 31.4 Å². The van der Waals surface area contributed by atoms with Crippen LogP contribution in [0.25, 0.3) is 0 Å². The SMILES string of the molecule is CCC(C)n1ccc(CC2(C)CCCCCN2)n1. The first-order valence-corrected chi connectivity index (χ1v) is 7.42. The molecule has 1 aromatic heterocycles. The van der Waals surface area contributed by atoms with Gasteiger partial charge in [0.25, 0.3) is 0 Å². The molecule has 102 valence electrons. The Hall–Kier alpha value is -0.830. The molecule has 0 aromatic carbocycles. The van der Waals surface area contributed by atoms with Gasteiger partial charge in [-0.2, -0.15) is 5.10 Å². The molecule has 3 nitrogen and oxygen atoms in total. The summed E-state index contributed by atoms with van der Waals surface area (Å²) < 4.78 is 2.11. The van der Waals surface area contributed by atoms with Crippen molar-refractivity contribution in [2.45, 2.75) is 70.9 Å². The van der Waals surface area contributed by atoms with Gasteiger partial charge in [-0.05, 0) is 45.7 Å². The minimum Gasteiger partial charge on any atom is -0.311 e. The lowest BCUT2D eigenvalue weighted by Crippen LogP contribution is -2.43. The predicted molar refractivity (Wildman–Crippen MR) is 75.8 cm³/mol. The van der Waals surface area contributed by atoms with E-state index in [2.05, 4.69) is 43.0 Å². The third kappa shape index (κ3) is 3.35. The molecular weight excluding hydrogens is 222 g/mol. The summed E-state index contributed by atoms with van der Waals surface area (Å²) in [5.74, 6) is 0. The predicted octanol–water partition coefficient (Wildman–Crippen LogP) is 3.32. The van der Waals surface area contributed by atoms with Crippen molar-refractivity contribution in [3.63, 3.8) is 0 Å². The van der Waals surface area contributed by atoms with Crippen LogP contribution in [0.5, 0.6) is 0 Å². The number of nitrogens with zero attached hydrogens (tertiary/aromatic N) is 2. The zero-order valence-electron chi connectivity index (χ0n) is 12.1. The summed E-state index contributed by atoms with van der Waals surface area (Å²) in [5, 5.41) is 8.44. The summed E-state index contributed by atoms with van der Waals surface area (Å²) in [6.07, 6.45) is 9.61. The maximum absolute atomic E-state index is 4.73. The second-order valence-corrected chi connectivity index (χ2v) is 6.02. The molecule has 0 saturated carbocycles. The van der Waals surface area contributed by atoms with Gasteiger partial charge in [-0.25, -0.2) is 0 Å². The van der Waals surface area contributed by atoms with Crippen molar-refractivity contribution in [2.24, 2.45) is 0 Å². The molecule has 1 aromatic rings. The Morgan fingerprint density at radius 3 is 3.06 bits per heavy atom. The molecule has 1 saturated heterocycles. The number of nitrogens with one attached hydrogen (secondary N) is 1. The quantitative estimate of drug-likeness (QED) is 0.887. The molecule has 0 radical (unpaired) electrons. The zero-order valence-corrected chi connectivity index (χ0v) is 12.1. The summed E-state index contributed by atoms with van der Waals surface area (Å²) in [5.41, 5.74) is 1.47. The Balaban J connectivity index is 2.01. The topological polar surface area (TPSA) is 29.9 Å². The highest BCUT2D eigenvalue weighted by molar-refractivity contribution is 5.06. The maximum Gasteiger partial charge on any atom is 0.0642 e. The van der Waals surface area contributed by atoms with Crippen LogP contribution in [0.4, 0.5) is 0 Å². The molecule has 1 N–H and O–H groups in total. The maximum atomic E-state index is 4.73. The average Bonchev–Trinajstić information content (AvgIpc) is 2.70. The molecule has 0 amide bonds. The summed E-state index contributed by atoms with van der Waals surface area (Å²) in [6.45, 7) is 7.94. The molecule has 0 aliphatic carbocycles. The molecule has 18 heavy (non-hydrogen) atoms. The lowest BCUT2D eigenvalue weighted by atomic mass is 9.91. The Bertz CT molecular complexity index is 362. The summed E-state index contributed by atoms with van der Waals surface area (Å²) in [6, 6.07) is 2.69. The highest BCUT2D eigenvalue weighted by atomic mass is 15.3. The van der Waals surface area contributed by atoms with Crippen LogP contribution in [0.15, 0.2) is 12.3 Å². The molecule has 0 spiro atoms. The van der Waals surface area contributed by atoms with Gasteiger partial charge >= 0.3 is 0 Å². The molecule has 3 heteroatoms. The average molecular weight is 249 g/mol. The third-order valence-corrected chi connectivity index (χ3v) is 4.23. The van der Waals surface area contributed by atoms with Crippen LogP contribution in [-0.2, 0) is 6.42 Å². The van der Waals surface area contributed by atoms with Crippen molar-refractivity contribution in [1.82, 2.24) is 15.1 Å². The number of rotatable bonds is 4. The first-order chi connectivity index (χ1) is 8.63. The summed E-state index contributed by atoms with van der Waals surface area (Å²) >= 11 is 0. The Labute approximate surface area is 111 Å².